The molecule has 0 saturated carbocycles. The molecule has 0 radical (unpaired) electrons. The first-order valence-corrected chi connectivity index (χ1v) is 11.3. The standard InChI is InChI=1S/C25H34N4O/c1-3-26-12-18-29(19-13-26)25(30)23-10-8-22(9-11-23)20-27-14-16-28(17-15-27)24-7-5-4-6-21(24)2/h4-11H,3,12-20H2,1-2H3. The molecule has 0 spiro atoms. The number of benzene rings is 2. The second-order valence-corrected chi connectivity index (χ2v) is 8.47. The van der Waals surface area contributed by atoms with Gasteiger partial charge in [0.05, 0.1) is 0 Å². The molecule has 160 valence electrons. The van der Waals surface area contributed by atoms with Crippen molar-refractivity contribution in [2.45, 2.75) is 20.4 Å². The van der Waals surface area contributed by atoms with Crippen LogP contribution in [0.5, 0.6) is 0 Å². The Kier molecular flexibility index (Phi) is 6.70. The molecule has 0 unspecified atom stereocenters. The zero-order valence-electron chi connectivity index (χ0n) is 18.4. The molecule has 30 heavy (non-hydrogen) atoms. The van der Waals surface area contributed by atoms with E-state index in [2.05, 4.69) is 64.9 Å². The van der Waals surface area contributed by atoms with Crippen molar-refractivity contribution >= 4 is 11.6 Å². The Morgan fingerprint density at radius 2 is 1.43 bits per heavy atom. The summed E-state index contributed by atoms with van der Waals surface area (Å²) in [5.74, 6) is 0.171. The molecule has 0 aliphatic carbocycles. The highest BCUT2D eigenvalue weighted by Gasteiger charge is 2.22. The highest BCUT2D eigenvalue weighted by Crippen LogP contribution is 2.21. The van der Waals surface area contributed by atoms with E-state index in [1.54, 1.807) is 0 Å². The van der Waals surface area contributed by atoms with Crippen LogP contribution in [-0.4, -0.2) is 79.5 Å². The van der Waals surface area contributed by atoms with E-state index in [-0.39, 0.29) is 5.91 Å². The average Bonchev–Trinajstić information content (AvgIpc) is 2.80. The molecule has 2 fully saturated rings. The van der Waals surface area contributed by atoms with E-state index in [1.807, 2.05) is 17.0 Å². The summed E-state index contributed by atoms with van der Waals surface area (Å²) < 4.78 is 0. The zero-order valence-corrected chi connectivity index (χ0v) is 18.4. The van der Waals surface area contributed by atoms with E-state index in [0.29, 0.717) is 0 Å². The first-order chi connectivity index (χ1) is 14.6. The normalized spacial score (nSPS) is 18.6. The van der Waals surface area contributed by atoms with Crippen molar-refractivity contribution < 1.29 is 4.79 Å². The minimum absolute atomic E-state index is 0.171. The van der Waals surface area contributed by atoms with Crippen LogP contribution < -0.4 is 4.90 Å². The maximum Gasteiger partial charge on any atom is 0.253 e. The van der Waals surface area contributed by atoms with Crippen LogP contribution in [0.4, 0.5) is 5.69 Å². The number of piperazine rings is 2. The van der Waals surface area contributed by atoms with Gasteiger partial charge in [0, 0.05) is 70.2 Å². The van der Waals surface area contributed by atoms with Gasteiger partial charge in [0.25, 0.3) is 5.91 Å². The van der Waals surface area contributed by atoms with E-state index in [9.17, 15) is 4.79 Å². The molecule has 5 heteroatoms. The van der Waals surface area contributed by atoms with Crippen molar-refractivity contribution in [3.63, 3.8) is 0 Å². The zero-order chi connectivity index (χ0) is 20.9. The predicted octanol–water partition coefficient (Wildman–Crippen LogP) is 3.09. The quantitative estimate of drug-likeness (QED) is 0.763. The number of anilines is 1. The third kappa shape index (κ3) is 4.85. The third-order valence-electron chi connectivity index (χ3n) is 6.54. The van der Waals surface area contributed by atoms with E-state index in [4.69, 9.17) is 0 Å². The molecule has 0 bridgehead atoms. The van der Waals surface area contributed by atoms with Crippen LogP contribution in [0.2, 0.25) is 0 Å². The van der Waals surface area contributed by atoms with Crippen molar-refractivity contribution in [2.75, 3.05) is 63.8 Å². The van der Waals surface area contributed by atoms with Crippen molar-refractivity contribution in [3.8, 4) is 0 Å². The van der Waals surface area contributed by atoms with Gasteiger partial charge in [-0.1, -0.05) is 37.3 Å². The van der Waals surface area contributed by atoms with Crippen LogP contribution >= 0.6 is 0 Å². The minimum atomic E-state index is 0.171. The van der Waals surface area contributed by atoms with E-state index in [1.165, 1.54) is 16.8 Å². The molecule has 2 saturated heterocycles. The average molecular weight is 407 g/mol. The molecule has 1 amide bonds. The van der Waals surface area contributed by atoms with Crippen LogP contribution in [0.25, 0.3) is 0 Å². The fourth-order valence-electron chi connectivity index (χ4n) is 4.53. The van der Waals surface area contributed by atoms with Gasteiger partial charge in [-0.05, 0) is 42.8 Å². The van der Waals surface area contributed by atoms with Gasteiger partial charge in [-0.3, -0.25) is 9.69 Å². The summed E-state index contributed by atoms with van der Waals surface area (Å²) in [5, 5.41) is 0. The maximum absolute atomic E-state index is 12.8. The number of rotatable bonds is 5. The number of amides is 1. The number of nitrogens with zero attached hydrogens (tertiary/aromatic N) is 4. The summed E-state index contributed by atoms with van der Waals surface area (Å²) in [7, 11) is 0. The van der Waals surface area contributed by atoms with Crippen molar-refractivity contribution in [2.24, 2.45) is 0 Å². The van der Waals surface area contributed by atoms with Crippen LogP contribution in [0.15, 0.2) is 48.5 Å². The molecule has 2 aliphatic rings. The summed E-state index contributed by atoms with van der Waals surface area (Å²) in [6.07, 6.45) is 0. The lowest BCUT2D eigenvalue weighted by molar-refractivity contribution is 0.0643. The number of carbonyl (C=O) groups excluding carboxylic acids is 1. The van der Waals surface area contributed by atoms with Crippen molar-refractivity contribution in [3.05, 3.63) is 65.2 Å². The van der Waals surface area contributed by atoms with Crippen molar-refractivity contribution in [1.82, 2.24) is 14.7 Å². The van der Waals surface area contributed by atoms with Gasteiger partial charge in [-0.2, -0.15) is 0 Å². The number of hydrogen-bond acceptors (Lipinski definition) is 4. The molecule has 5 nitrogen and oxygen atoms in total. The lowest BCUT2D eigenvalue weighted by Crippen LogP contribution is -2.48. The summed E-state index contributed by atoms with van der Waals surface area (Å²) in [4.78, 5) is 22.2. The molecule has 0 aromatic heterocycles. The topological polar surface area (TPSA) is 30.0 Å². The molecule has 2 aromatic carbocycles. The second-order valence-electron chi connectivity index (χ2n) is 8.47. The first-order valence-electron chi connectivity index (χ1n) is 11.3. The summed E-state index contributed by atoms with van der Waals surface area (Å²) in [6.45, 7) is 14.3. The number of likely N-dealkylation sites (N-methyl/N-ethyl adjacent to an activating group) is 1. The Balaban J connectivity index is 1.28. The Labute approximate surface area is 180 Å². The molecule has 0 N–H and O–H groups in total. The predicted molar refractivity (Wildman–Crippen MR) is 123 cm³/mol. The third-order valence-corrected chi connectivity index (χ3v) is 6.54. The smallest absolute Gasteiger partial charge is 0.253 e. The second kappa shape index (κ2) is 9.63. The van der Waals surface area contributed by atoms with Crippen LogP contribution in [0, 0.1) is 6.92 Å². The highest BCUT2D eigenvalue weighted by atomic mass is 16.2. The van der Waals surface area contributed by atoms with Gasteiger partial charge >= 0.3 is 0 Å². The molecular weight excluding hydrogens is 372 g/mol. The molecule has 2 heterocycles. The van der Waals surface area contributed by atoms with Crippen molar-refractivity contribution in [1.29, 1.82) is 0 Å². The molecule has 2 aliphatic heterocycles. The van der Waals surface area contributed by atoms with Gasteiger partial charge in [-0.25, -0.2) is 0 Å². The minimum Gasteiger partial charge on any atom is -0.369 e. The van der Waals surface area contributed by atoms with E-state index in [0.717, 1.165) is 71.0 Å². The number of hydrogen-bond donors (Lipinski definition) is 0. The Morgan fingerprint density at radius 3 is 2.07 bits per heavy atom. The fraction of sp³-hybridized carbons (Fsp3) is 0.480. The monoisotopic (exact) mass is 406 g/mol. The summed E-state index contributed by atoms with van der Waals surface area (Å²) in [6, 6.07) is 16.9. The number of aryl methyl sites for hydroxylation is 1. The molecule has 0 atom stereocenters. The van der Waals surface area contributed by atoms with Gasteiger partial charge < -0.3 is 14.7 Å². The number of para-hydroxylation sites is 1. The first kappa shape index (κ1) is 20.9. The van der Waals surface area contributed by atoms with Crippen LogP contribution in [0.1, 0.15) is 28.4 Å². The Bertz CT molecular complexity index is 834. The molecule has 4 rings (SSSR count). The van der Waals surface area contributed by atoms with Gasteiger partial charge in [-0.15, -0.1) is 0 Å². The number of carbonyl (C=O) groups is 1. The largest absolute Gasteiger partial charge is 0.369 e. The molecular formula is C25H34N4O. The Morgan fingerprint density at radius 1 is 0.800 bits per heavy atom. The van der Waals surface area contributed by atoms with Gasteiger partial charge in [0.15, 0.2) is 0 Å². The lowest BCUT2D eigenvalue weighted by atomic mass is 10.1. The summed E-state index contributed by atoms with van der Waals surface area (Å²) >= 11 is 0. The van der Waals surface area contributed by atoms with Crippen LogP contribution in [-0.2, 0) is 6.54 Å². The lowest BCUT2D eigenvalue weighted by Gasteiger charge is -2.37. The summed E-state index contributed by atoms with van der Waals surface area (Å²) in [5.41, 5.74) is 4.81. The van der Waals surface area contributed by atoms with Crippen LogP contribution in [0.3, 0.4) is 0 Å². The Hall–Kier alpha value is -2.37. The van der Waals surface area contributed by atoms with E-state index < -0.39 is 0 Å². The SMILES string of the molecule is CCN1CCN(C(=O)c2ccc(CN3CCN(c4ccccc4C)CC3)cc2)CC1. The van der Waals surface area contributed by atoms with Gasteiger partial charge in [0.1, 0.15) is 0 Å². The molecule has 2 aromatic rings. The van der Waals surface area contributed by atoms with Gasteiger partial charge in [0.2, 0.25) is 0 Å². The maximum atomic E-state index is 12.8. The van der Waals surface area contributed by atoms with E-state index >= 15 is 0 Å². The highest BCUT2D eigenvalue weighted by molar-refractivity contribution is 5.94. The fourth-order valence-corrected chi connectivity index (χ4v) is 4.53.